The van der Waals surface area contributed by atoms with Crippen molar-refractivity contribution in [1.29, 1.82) is 0 Å². The van der Waals surface area contributed by atoms with Gasteiger partial charge in [-0.05, 0) is 45.1 Å². The van der Waals surface area contributed by atoms with Gasteiger partial charge < -0.3 is 5.73 Å². The Hall–Kier alpha value is -1.35. The van der Waals surface area contributed by atoms with Crippen molar-refractivity contribution >= 4 is 5.91 Å². The van der Waals surface area contributed by atoms with Gasteiger partial charge in [0.05, 0.1) is 5.54 Å². The molecule has 1 fully saturated rings. The second kappa shape index (κ2) is 4.73. The Morgan fingerprint density at radius 3 is 2.33 bits per heavy atom. The number of rotatable bonds is 5. The molecule has 0 aromatic heterocycles. The zero-order valence-electron chi connectivity index (χ0n) is 11.4. The summed E-state index contributed by atoms with van der Waals surface area (Å²) in [6.07, 6.45) is 2.45. The van der Waals surface area contributed by atoms with Crippen LogP contribution < -0.4 is 11.1 Å². The minimum absolute atomic E-state index is 0.230. The highest BCUT2D eigenvalue weighted by Gasteiger charge is 2.37. The first kappa shape index (κ1) is 13.1. The fourth-order valence-corrected chi connectivity index (χ4v) is 2.14. The number of nitrogens with two attached hydrogens (primary N) is 1. The number of carbonyl (C=O) groups excluding carboxylic acids is 1. The van der Waals surface area contributed by atoms with Gasteiger partial charge in [0.15, 0.2) is 0 Å². The summed E-state index contributed by atoms with van der Waals surface area (Å²) in [5.41, 5.74) is 7.27. The van der Waals surface area contributed by atoms with Gasteiger partial charge in [-0.2, -0.15) is 0 Å². The number of amides is 1. The molecule has 0 spiro atoms. The molecule has 0 heterocycles. The topological polar surface area (TPSA) is 55.1 Å². The molecule has 3 nitrogen and oxygen atoms in total. The standard InChI is InChI=1S/C15H22N2O/c1-10-4-6-11(7-5-10)13(12-8-9-12)17-15(2,3)14(16)18/h4-7,12-13,17H,8-9H2,1-3H3,(H2,16,18). The first-order chi connectivity index (χ1) is 8.40. The molecule has 0 bridgehead atoms. The van der Waals surface area contributed by atoms with E-state index in [1.54, 1.807) is 0 Å². The van der Waals surface area contributed by atoms with E-state index in [0.717, 1.165) is 0 Å². The molecule has 1 aromatic carbocycles. The molecular formula is C15H22N2O. The third kappa shape index (κ3) is 2.91. The predicted molar refractivity (Wildman–Crippen MR) is 73.1 cm³/mol. The van der Waals surface area contributed by atoms with Gasteiger partial charge in [0.25, 0.3) is 0 Å². The molecule has 1 atom stereocenters. The highest BCUT2D eigenvalue weighted by atomic mass is 16.1. The van der Waals surface area contributed by atoms with Crippen LogP contribution in [0, 0.1) is 12.8 Å². The van der Waals surface area contributed by atoms with E-state index in [4.69, 9.17) is 5.73 Å². The summed E-state index contributed by atoms with van der Waals surface area (Å²) in [6, 6.07) is 8.74. The lowest BCUT2D eigenvalue weighted by atomic mass is 9.96. The van der Waals surface area contributed by atoms with Crippen LogP contribution in [-0.2, 0) is 4.79 Å². The van der Waals surface area contributed by atoms with Gasteiger partial charge in [0, 0.05) is 6.04 Å². The fourth-order valence-electron chi connectivity index (χ4n) is 2.14. The number of nitrogens with one attached hydrogen (secondary N) is 1. The van der Waals surface area contributed by atoms with Crippen LogP contribution in [0.4, 0.5) is 0 Å². The van der Waals surface area contributed by atoms with Crippen LogP contribution in [0.5, 0.6) is 0 Å². The fraction of sp³-hybridized carbons (Fsp3) is 0.533. The van der Waals surface area contributed by atoms with Crippen LogP contribution in [0.25, 0.3) is 0 Å². The summed E-state index contributed by atoms with van der Waals surface area (Å²) in [6.45, 7) is 5.77. The number of hydrogen-bond donors (Lipinski definition) is 2. The van der Waals surface area contributed by atoms with Crippen LogP contribution >= 0.6 is 0 Å². The average molecular weight is 246 g/mol. The van der Waals surface area contributed by atoms with Crippen molar-refractivity contribution < 1.29 is 4.79 Å². The van der Waals surface area contributed by atoms with E-state index in [9.17, 15) is 4.79 Å². The summed E-state index contributed by atoms with van der Waals surface area (Å²) in [5.74, 6) is 0.326. The Bertz CT molecular complexity index is 432. The summed E-state index contributed by atoms with van der Waals surface area (Å²) >= 11 is 0. The number of primary amides is 1. The third-order valence-electron chi connectivity index (χ3n) is 3.66. The van der Waals surface area contributed by atoms with Crippen molar-refractivity contribution in [2.75, 3.05) is 0 Å². The molecule has 0 aliphatic heterocycles. The highest BCUT2D eigenvalue weighted by Crippen LogP contribution is 2.41. The summed E-state index contributed by atoms with van der Waals surface area (Å²) in [4.78, 5) is 11.4. The second-order valence-corrected chi connectivity index (χ2v) is 5.86. The predicted octanol–water partition coefficient (Wildman–Crippen LogP) is 2.30. The maximum Gasteiger partial charge on any atom is 0.237 e. The van der Waals surface area contributed by atoms with Crippen LogP contribution in [0.3, 0.4) is 0 Å². The Morgan fingerprint density at radius 2 is 1.89 bits per heavy atom. The molecule has 1 saturated carbocycles. The lowest BCUT2D eigenvalue weighted by Gasteiger charge is -2.29. The highest BCUT2D eigenvalue weighted by molar-refractivity contribution is 5.83. The molecule has 1 aromatic rings. The van der Waals surface area contributed by atoms with Gasteiger partial charge in [0.2, 0.25) is 5.91 Å². The largest absolute Gasteiger partial charge is 0.368 e. The molecule has 1 aliphatic carbocycles. The second-order valence-electron chi connectivity index (χ2n) is 5.86. The van der Waals surface area contributed by atoms with Gasteiger partial charge in [-0.3, -0.25) is 10.1 Å². The molecule has 2 rings (SSSR count). The summed E-state index contributed by atoms with van der Waals surface area (Å²) in [7, 11) is 0. The smallest absolute Gasteiger partial charge is 0.237 e. The van der Waals surface area contributed by atoms with Crippen LogP contribution in [-0.4, -0.2) is 11.4 Å². The minimum atomic E-state index is -0.669. The molecule has 1 aliphatic rings. The Morgan fingerprint density at radius 1 is 1.33 bits per heavy atom. The van der Waals surface area contributed by atoms with E-state index < -0.39 is 5.54 Å². The van der Waals surface area contributed by atoms with Crippen molar-refractivity contribution in [1.82, 2.24) is 5.32 Å². The van der Waals surface area contributed by atoms with E-state index in [1.165, 1.54) is 24.0 Å². The molecule has 0 saturated heterocycles. The normalized spacial score (nSPS) is 17.5. The lowest BCUT2D eigenvalue weighted by Crippen LogP contribution is -2.52. The maximum absolute atomic E-state index is 11.4. The van der Waals surface area contributed by atoms with Crippen molar-refractivity contribution in [3.63, 3.8) is 0 Å². The summed E-state index contributed by atoms with van der Waals surface area (Å²) in [5, 5.41) is 3.42. The summed E-state index contributed by atoms with van der Waals surface area (Å²) < 4.78 is 0. The van der Waals surface area contributed by atoms with E-state index in [0.29, 0.717) is 5.92 Å². The van der Waals surface area contributed by atoms with E-state index in [2.05, 4.69) is 36.5 Å². The van der Waals surface area contributed by atoms with Crippen LogP contribution in [0.2, 0.25) is 0 Å². The van der Waals surface area contributed by atoms with Crippen LogP contribution in [0.15, 0.2) is 24.3 Å². The van der Waals surface area contributed by atoms with Crippen molar-refractivity contribution in [3.8, 4) is 0 Å². The Balaban J connectivity index is 2.19. The number of hydrogen-bond acceptors (Lipinski definition) is 2. The van der Waals surface area contributed by atoms with Crippen LogP contribution in [0.1, 0.15) is 43.9 Å². The first-order valence-electron chi connectivity index (χ1n) is 6.54. The van der Waals surface area contributed by atoms with Gasteiger partial charge in [0.1, 0.15) is 0 Å². The zero-order valence-corrected chi connectivity index (χ0v) is 11.4. The van der Waals surface area contributed by atoms with E-state index in [1.807, 2.05) is 13.8 Å². The van der Waals surface area contributed by atoms with Crippen molar-refractivity contribution in [3.05, 3.63) is 35.4 Å². The Labute approximate surface area is 109 Å². The molecule has 0 radical (unpaired) electrons. The molecule has 1 amide bonds. The number of aryl methyl sites for hydroxylation is 1. The lowest BCUT2D eigenvalue weighted by molar-refractivity contribution is -0.123. The van der Waals surface area contributed by atoms with Gasteiger partial charge in [-0.15, -0.1) is 0 Å². The first-order valence-corrected chi connectivity index (χ1v) is 6.54. The van der Waals surface area contributed by atoms with Crippen molar-refractivity contribution in [2.45, 2.75) is 45.2 Å². The van der Waals surface area contributed by atoms with Gasteiger partial charge in [-0.25, -0.2) is 0 Å². The molecule has 3 N–H and O–H groups in total. The average Bonchev–Trinajstić information content (AvgIpc) is 3.11. The minimum Gasteiger partial charge on any atom is -0.368 e. The molecular weight excluding hydrogens is 224 g/mol. The third-order valence-corrected chi connectivity index (χ3v) is 3.66. The van der Waals surface area contributed by atoms with Gasteiger partial charge in [-0.1, -0.05) is 29.8 Å². The molecule has 3 heteroatoms. The quantitative estimate of drug-likeness (QED) is 0.837. The van der Waals surface area contributed by atoms with Gasteiger partial charge >= 0.3 is 0 Å². The Kier molecular flexibility index (Phi) is 3.44. The SMILES string of the molecule is Cc1ccc(C(NC(C)(C)C(N)=O)C2CC2)cc1. The van der Waals surface area contributed by atoms with E-state index >= 15 is 0 Å². The molecule has 98 valence electrons. The zero-order chi connectivity index (χ0) is 13.3. The number of benzene rings is 1. The monoisotopic (exact) mass is 246 g/mol. The molecule has 1 unspecified atom stereocenters. The number of carbonyl (C=O) groups is 1. The van der Waals surface area contributed by atoms with Crippen molar-refractivity contribution in [2.24, 2.45) is 11.7 Å². The maximum atomic E-state index is 11.4. The molecule has 18 heavy (non-hydrogen) atoms. The van der Waals surface area contributed by atoms with E-state index in [-0.39, 0.29) is 11.9 Å².